The zero-order valence-corrected chi connectivity index (χ0v) is 12.0. The van der Waals surface area contributed by atoms with E-state index in [1.807, 2.05) is 31.2 Å². The van der Waals surface area contributed by atoms with Crippen LogP contribution < -0.4 is 10.5 Å². The summed E-state index contributed by atoms with van der Waals surface area (Å²) in [6.45, 7) is 2.28. The van der Waals surface area contributed by atoms with Crippen molar-refractivity contribution in [3.63, 3.8) is 0 Å². The Balaban J connectivity index is 2.73. The standard InChI is InChI=1S/C14H21N3O3/c1-4-12(13(15)16-19)14(18)17(2)9-10-5-7-11(20-3)8-6-10/h5-8,12,19H,4,9H2,1-3H3,(H2,15,16). The number of ether oxygens (including phenoxy) is 1. The van der Waals surface area contributed by atoms with Gasteiger partial charge in [-0.25, -0.2) is 0 Å². The molecular formula is C14H21N3O3. The van der Waals surface area contributed by atoms with Gasteiger partial charge in [0.25, 0.3) is 0 Å². The molecule has 0 fully saturated rings. The number of carbonyl (C=O) groups excluding carboxylic acids is 1. The average molecular weight is 279 g/mol. The van der Waals surface area contributed by atoms with Gasteiger partial charge < -0.3 is 20.6 Å². The predicted molar refractivity (Wildman–Crippen MR) is 76.7 cm³/mol. The van der Waals surface area contributed by atoms with Crippen LogP contribution in [0.2, 0.25) is 0 Å². The van der Waals surface area contributed by atoms with Crippen molar-refractivity contribution < 1.29 is 14.7 Å². The maximum absolute atomic E-state index is 12.2. The van der Waals surface area contributed by atoms with Crippen LogP contribution in [-0.2, 0) is 11.3 Å². The number of amidine groups is 1. The summed E-state index contributed by atoms with van der Waals surface area (Å²) in [6.07, 6.45) is 0.488. The molecule has 0 radical (unpaired) electrons. The maximum atomic E-state index is 12.2. The summed E-state index contributed by atoms with van der Waals surface area (Å²) in [6, 6.07) is 7.48. The monoisotopic (exact) mass is 279 g/mol. The number of hydrogen-bond donors (Lipinski definition) is 2. The van der Waals surface area contributed by atoms with E-state index in [-0.39, 0.29) is 11.7 Å². The third kappa shape index (κ3) is 3.88. The summed E-state index contributed by atoms with van der Waals surface area (Å²) < 4.78 is 5.08. The van der Waals surface area contributed by atoms with Crippen molar-refractivity contribution in [3.8, 4) is 5.75 Å². The van der Waals surface area contributed by atoms with Crippen molar-refractivity contribution >= 4 is 11.7 Å². The van der Waals surface area contributed by atoms with Crippen LogP contribution >= 0.6 is 0 Å². The largest absolute Gasteiger partial charge is 0.497 e. The van der Waals surface area contributed by atoms with E-state index in [9.17, 15) is 4.79 Å². The van der Waals surface area contributed by atoms with Crippen LogP contribution in [0.1, 0.15) is 18.9 Å². The van der Waals surface area contributed by atoms with E-state index in [0.717, 1.165) is 11.3 Å². The van der Waals surface area contributed by atoms with Gasteiger partial charge >= 0.3 is 0 Å². The lowest BCUT2D eigenvalue weighted by molar-refractivity contribution is -0.132. The predicted octanol–water partition coefficient (Wildman–Crippen LogP) is 1.43. The fourth-order valence-electron chi connectivity index (χ4n) is 1.93. The number of hydrogen-bond acceptors (Lipinski definition) is 4. The zero-order valence-electron chi connectivity index (χ0n) is 12.0. The van der Waals surface area contributed by atoms with Crippen LogP contribution in [0.25, 0.3) is 0 Å². The van der Waals surface area contributed by atoms with Gasteiger partial charge in [-0.3, -0.25) is 4.79 Å². The molecule has 3 N–H and O–H groups in total. The smallest absolute Gasteiger partial charge is 0.233 e. The van der Waals surface area contributed by atoms with Crippen molar-refractivity contribution in [1.82, 2.24) is 4.90 Å². The molecule has 20 heavy (non-hydrogen) atoms. The Bertz CT molecular complexity index is 471. The first-order valence-electron chi connectivity index (χ1n) is 6.38. The summed E-state index contributed by atoms with van der Waals surface area (Å²) in [5, 5.41) is 11.6. The summed E-state index contributed by atoms with van der Waals surface area (Å²) in [5.41, 5.74) is 6.52. The third-order valence-corrected chi connectivity index (χ3v) is 3.13. The zero-order chi connectivity index (χ0) is 15.1. The molecule has 0 aliphatic rings. The second kappa shape index (κ2) is 7.37. The van der Waals surface area contributed by atoms with Crippen molar-refractivity contribution in [3.05, 3.63) is 29.8 Å². The topological polar surface area (TPSA) is 88.2 Å². The molecule has 110 valence electrons. The van der Waals surface area contributed by atoms with Crippen LogP contribution in [-0.4, -0.2) is 36.0 Å². The Morgan fingerprint density at radius 2 is 2.05 bits per heavy atom. The molecule has 1 aromatic carbocycles. The Morgan fingerprint density at radius 1 is 1.45 bits per heavy atom. The molecule has 0 saturated heterocycles. The fraction of sp³-hybridized carbons (Fsp3) is 0.429. The number of nitrogens with zero attached hydrogens (tertiary/aromatic N) is 2. The van der Waals surface area contributed by atoms with Gasteiger partial charge in [0, 0.05) is 13.6 Å². The molecule has 1 aromatic rings. The summed E-state index contributed by atoms with van der Waals surface area (Å²) >= 11 is 0. The Labute approximate surface area is 118 Å². The number of methoxy groups -OCH3 is 1. The number of carbonyl (C=O) groups is 1. The molecule has 6 heteroatoms. The van der Waals surface area contributed by atoms with Crippen LogP contribution in [0.5, 0.6) is 5.75 Å². The highest BCUT2D eigenvalue weighted by molar-refractivity contribution is 6.01. The van der Waals surface area contributed by atoms with Crippen LogP contribution in [0.4, 0.5) is 0 Å². The van der Waals surface area contributed by atoms with E-state index >= 15 is 0 Å². The van der Waals surface area contributed by atoms with E-state index in [1.54, 1.807) is 19.1 Å². The van der Waals surface area contributed by atoms with Crippen LogP contribution in [0.3, 0.4) is 0 Å². The number of nitrogens with two attached hydrogens (primary N) is 1. The lowest BCUT2D eigenvalue weighted by Crippen LogP contribution is -2.39. The van der Waals surface area contributed by atoms with E-state index in [2.05, 4.69) is 5.16 Å². The molecule has 0 heterocycles. The first-order chi connectivity index (χ1) is 9.53. The molecule has 0 aliphatic carbocycles. The molecule has 0 aromatic heterocycles. The minimum Gasteiger partial charge on any atom is -0.497 e. The van der Waals surface area contributed by atoms with Crippen molar-refractivity contribution in [2.24, 2.45) is 16.8 Å². The van der Waals surface area contributed by atoms with E-state index in [1.165, 1.54) is 0 Å². The molecule has 0 aliphatic heterocycles. The normalized spacial score (nSPS) is 12.8. The number of amides is 1. The molecule has 0 bridgehead atoms. The van der Waals surface area contributed by atoms with Gasteiger partial charge in [-0.2, -0.15) is 0 Å². The van der Waals surface area contributed by atoms with Gasteiger partial charge in [0.05, 0.1) is 13.0 Å². The highest BCUT2D eigenvalue weighted by atomic mass is 16.5. The first kappa shape index (κ1) is 15.8. The second-order valence-electron chi connectivity index (χ2n) is 4.53. The van der Waals surface area contributed by atoms with Gasteiger partial charge in [0.1, 0.15) is 5.75 Å². The number of benzene rings is 1. The lowest BCUT2D eigenvalue weighted by Gasteiger charge is -2.22. The molecule has 1 amide bonds. The summed E-state index contributed by atoms with van der Waals surface area (Å²) in [7, 11) is 3.30. The fourth-order valence-corrected chi connectivity index (χ4v) is 1.93. The SMILES string of the molecule is CCC(C(=O)N(C)Cc1ccc(OC)cc1)C(N)=NO. The summed E-state index contributed by atoms with van der Waals surface area (Å²) in [4.78, 5) is 13.8. The van der Waals surface area contributed by atoms with Gasteiger partial charge in [-0.15, -0.1) is 0 Å². The molecule has 6 nitrogen and oxygen atoms in total. The Hall–Kier alpha value is -2.24. The maximum Gasteiger partial charge on any atom is 0.233 e. The van der Waals surface area contributed by atoms with Gasteiger partial charge in [-0.1, -0.05) is 24.2 Å². The second-order valence-corrected chi connectivity index (χ2v) is 4.53. The van der Waals surface area contributed by atoms with E-state index in [4.69, 9.17) is 15.7 Å². The molecule has 1 unspecified atom stereocenters. The highest BCUT2D eigenvalue weighted by Crippen LogP contribution is 2.14. The van der Waals surface area contributed by atoms with Gasteiger partial charge in [0.2, 0.25) is 5.91 Å². The molecule has 0 saturated carbocycles. The Kier molecular flexibility index (Phi) is 5.83. The highest BCUT2D eigenvalue weighted by Gasteiger charge is 2.24. The number of rotatable bonds is 6. The first-order valence-corrected chi connectivity index (χ1v) is 6.38. The van der Waals surface area contributed by atoms with Gasteiger partial charge in [-0.05, 0) is 24.1 Å². The van der Waals surface area contributed by atoms with Crippen LogP contribution in [0, 0.1) is 5.92 Å². The van der Waals surface area contributed by atoms with Gasteiger partial charge in [0.15, 0.2) is 5.84 Å². The minimum absolute atomic E-state index is 0.0564. The van der Waals surface area contributed by atoms with E-state index < -0.39 is 5.92 Å². The van der Waals surface area contributed by atoms with Crippen molar-refractivity contribution in [1.29, 1.82) is 0 Å². The average Bonchev–Trinajstić information content (AvgIpc) is 2.48. The lowest BCUT2D eigenvalue weighted by atomic mass is 10.0. The van der Waals surface area contributed by atoms with E-state index in [0.29, 0.717) is 13.0 Å². The number of oxime groups is 1. The quantitative estimate of drug-likeness (QED) is 0.357. The van der Waals surface area contributed by atoms with Crippen LogP contribution in [0.15, 0.2) is 29.4 Å². The molecule has 1 atom stereocenters. The van der Waals surface area contributed by atoms with Crippen molar-refractivity contribution in [2.45, 2.75) is 19.9 Å². The molecule has 1 rings (SSSR count). The minimum atomic E-state index is -0.594. The Morgan fingerprint density at radius 3 is 2.50 bits per heavy atom. The van der Waals surface area contributed by atoms with Crippen molar-refractivity contribution in [2.75, 3.05) is 14.2 Å². The molecular weight excluding hydrogens is 258 g/mol. The molecule has 0 spiro atoms. The summed E-state index contributed by atoms with van der Waals surface area (Å²) in [5.74, 6) is -0.0493. The third-order valence-electron chi connectivity index (χ3n) is 3.13.